The molecule has 0 bridgehead atoms. The molecular formula is C15H23ClFN3O4S. The highest BCUT2D eigenvalue weighted by Gasteiger charge is 2.31. The van der Waals surface area contributed by atoms with Crippen molar-refractivity contribution in [3.63, 3.8) is 0 Å². The molecule has 0 saturated carbocycles. The van der Waals surface area contributed by atoms with Crippen LogP contribution in [0.4, 0.5) is 4.39 Å². The van der Waals surface area contributed by atoms with Crippen LogP contribution in [0.5, 0.6) is 0 Å². The minimum atomic E-state index is -3.76. The van der Waals surface area contributed by atoms with Crippen LogP contribution in [0.25, 0.3) is 10.8 Å². The van der Waals surface area contributed by atoms with Gasteiger partial charge in [-0.15, -0.1) is 12.4 Å². The van der Waals surface area contributed by atoms with Crippen molar-refractivity contribution in [2.75, 3.05) is 19.6 Å². The summed E-state index contributed by atoms with van der Waals surface area (Å²) in [7, 11) is -3.76. The molecule has 0 radical (unpaired) electrons. The predicted octanol–water partition coefficient (Wildman–Crippen LogP) is 0.519. The van der Waals surface area contributed by atoms with Crippen LogP contribution in [-0.2, 0) is 10.0 Å². The summed E-state index contributed by atoms with van der Waals surface area (Å²) in [6, 6.07) is 4.58. The van der Waals surface area contributed by atoms with E-state index in [2.05, 4.69) is 10.3 Å². The molecule has 142 valence electrons. The Hall–Kier alpha value is -1.36. The molecule has 1 saturated heterocycles. The molecule has 10 heteroatoms. The highest BCUT2D eigenvalue weighted by molar-refractivity contribution is 7.89. The zero-order valence-corrected chi connectivity index (χ0v) is 15.3. The monoisotopic (exact) mass is 395 g/mol. The van der Waals surface area contributed by atoms with Crippen molar-refractivity contribution < 1.29 is 23.8 Å². The van der Waals surface area contributed by atoms with Gasteiger partial charge in [0.15, 0.2) is 5.82 Å². The van der Waals surface area contributed by atoms with Gasteiger partial charge in [-0.05, 0) is 26.0 Å². The summed E-state index contributed by atoms with van der Waals surface area (Å²) in [5, 5.41) is 3.81. The first-order valence-corrected chi connectivity index (χ1v) is 8.70. The quantitative estimate of drug-likeness (QED) is 0.795. The molecule has 1 fully saturated rings. The average molecular weight is 396 g/mol. The molecule has 2 heterocycles. The van der Waals surface area contributed by atoms with Crippen LogP contribution in [0.15, 0.2) is 35.5 Å². The lowest BCUT2D eigenvalue weighted by molar-refractivity contribution is 0.353. The predicted molar refractivity (Wildman–Crippen MR) is 97.0 cm³/mol. The second-order valence-corrected chi connectivity index (χ2v) is 7.36. The Labute approximate surface area is 152 Å². The Balaban J connectivity index is 0.00000192. The number of benzene rings is 1. The van der Waals surface area contributed by atoms with E-state index < -0.39 is 15.8 Å². The molecule has 0 aliphatic carbocycles. The summed E-state index contributed by atoms with van der Waals surface area (Å²) < 4.78 is 41.7. The molecule has 0 spiro atoms. The summed E-state index contributed by atoms with van der Waals surface area (Å²) >= 11 is 0. The standard InChI is InChI=1S/C15H18FN3O2S.ClH.2H2O/c1-11-8-17-6-3-7-19(11)22(20,21)14-5-2-4-12-9-18-10-13(16)15(12)14;;;/h2,4-5,9-11,17H,3,6-8H2,1H3;1H;2*1H2/t11-;;;/m0.../s1. The van der Waals surface area contributed by atoms with Gasteiger partial charge < -0.3 is 16.3 Å². The van der Waals surface area contributed by atoms with Crippen LogP contribution >= 0.6 is 12.4 Å². The van der Waals surface area contributed by atoms with Crippen LogP contribution in [0.3, 0.4) is 0 Å². The molecule has 2 aromatic rings. The van der Waals surface area contributed by atoms with Crippen molar-refractivity contribution >= 4 is 33.2 Å². The first-order chi connectivity index (χ1) is 10.5. The number of hydrogen-bond acceptors (Lipinski definition) is 4. The van der Waals surface area contributed by atoms with Gasteiger partial charge in [-0.3, -0.25) is 4.98 Å². The van der Waals surface area contributed by atoms with E-state index >= 15 is 0 Å². The maximum atomic E-state index is 14.2. The third-order valence-electron chi connectivity index (χ3n) is 3.95. The fraction of sp³-hybridized carbons (Fsp3) is 0.400. The van der Waals surface area contributed by atoms with Gasteiger partial charge in [0.25, 0.3) is 0 Å². The number of aromatic nitrogens is 1. The lowest BCUT2D eigenvalue weighted by Gasteiger charge is -2.26. The van der Waals surface area contributed by atoms with E-state index in [4.69, 9.17) is 0 Å². The van der Waals surface area contributed by atoms with Gasteiger partial charge in [0, 0.05) is 36.1 Å². The molecule has 1 aliphatic rings. The second kappa shape index (κ2) is 9.37. The van der Waals surface area contributed by atoms with Crippen molar-refractivity contribution in [1.29, 1.82) is 0 Å². The molecule has 3 rings (SSSR count). The zero-order chi connectivity index (χ0) is 15.7. The molecule has 1 aliphatic heterocycles. The van der Waals surface area contributed by atoms with E-state index in [1.165, 1.54) is 16.6 Å². The number of pyridine rings is 1. The number of fused-ring (bicyclic) bond motifs is 1. The average Bonchev–Trinajstić information content (AvgIpc) is 2.72. The smallest absolute Gasteiger partial charge is 0.244 e. The number of halogens is 2. The van der Waals surface area contributed by atoms with Crippen molar-refractivity contribution in [1.82, 2.24) is 14.6 Å². The maximum Gasteiger partial charge on any atom is 0.244 e. The summed E-state index contributed by atoms with van der Waals surface area (Å²) in [5.41, 5.74) is 0. The SMILES string of the molecule is C[C@H]1CNCCCN1S(=O)(=O)c1cccc2cncc(F)c12.Cl.O.O. The first kappa shape index (κ1) is 23.6. The van der Waals surface area contributed by atoms with Gasteiger partial charge in [0.1, 0.15) is 0 Å². The molecule has 1 atom stereocenters. The first-order valence-electron chi connectivity index (χ1n) is 7.26. The molecule has 5 N–H and O–H groups in total. The molecular weight excluding hydrogens is 373 g/mol. The number of nitrogens with zero attached hydrogens (tertiary/aromatic N) is 2. The largest absolute Gasteiger partial charge is 0.412 e. The number of rotatable bonds is 2. The third kappa shape index (κ3) is 4.43. The second-order valence-electron chi connectivity index (χ2n) is 5.50. The molecule has 0 unspecified atom stereocenters. The molecule has 0 amide bonds. The Morgan fingerprint density at radius 2 is 2.00 bits per heavy atom. The summed E-state index contributed by atoms with van der Waals surface area (Å²) in [6.07, 6.45) is 3.26. The highest BCUT2D eigenvalue weighted by atomic mass is 35.5. The fourth-order valence-electron chi connectivity index (χ4n) is 2.85. The van der Waals surface area contributed by atoms with E-state index in [0.717, 1.165) is 19.2 Å². The maximum absolute atomic E-state index is 14.2. The minimum Gasteiger partial charge on any atom is -0.412 e. The Morgan fingerprint density at radius 3 is 2.72 bits per heavy atom. The van der Waals surface area contributed by atoms with Crippen molar-refractivity contribution in [2.24, 2.45) is 0 Å². The van der Waals surface area contributed by atoms with E-state index in [0.29, 0.717) is 18.5 Å². The Kier molecular flexibility index (Phi) is 8.86. The highest BCUT2D eigenvalue weighted by Crippen LogP contribution is 2.28. The van der Waals surface area contributed by atoms with E-state index in [9.17, 15) is 12.8 Å². The van der Waals surface area contributed by atoms with Gasteiger partial charge in [0.05, 0.1) is 11.1 Å². The fourth-order valence-corrected chi connectivity index (χ4v) is 4.74. The Morgan fingerprint density at radius 1 is 1.28 bits per heavy atom. The van der Waals surface area contributed by atoms with Crippen molar-refractivity contribution in [3.8, 4) is 0 Å². The number of nitrogens with one attached hydrogen (secondary N) is 1. The van der Waals surface area contributed by atoms with Crippen LogP contribution in [0.1, 0.15) is 13.3 Å². The van der Waals surface area contributed by atoms with Gasteiger partial charge in [-0.1, -0.05) is 12.1 Å². The van der Waals surface area contributed by atoms with Crippen LogP contribution < -0.4 is 5.32 Å². The van der Waals surface area contributed by atoms with Gasteiger partial charge in [-0.2, -0.15) is 4.31 Å². The van der Waals surface area contributed by atoms with E-state index in [1.807, 2.05) is 6.92 Å². The third-order valence-corrected chi connectivity index (χ3v) is 6.00. The van der Waals surface area contributed by atoms with Crippen LogP contribution in [0.2, 0.25) is 0 Å². The molecule has 7 nitrogen and oxygen atoms in total. The normalized spacial score (nSPS) is 18.4. The summed E-state index contributed by atoms with van der Waals surface area (Å²) in [4.78, 5) is 3.80. The lowest BCUT2D eigenvalue weighted by atomic mass is 10.2. The lowest BCUT2D eigenvalue weighted by Crippen LogP contribution is -2.41. The van der Waals surface area contributed by atoms with Gasteiger partial charge in [0.2, 0.25) is 10.0 Å². The van der Waals surface area contributed by atoms with E-state index in [1.54, 1.807) is 12.1 Å². The minimum absolute atomic E-state index is 0. The van der Waals surface area contributed by atoms with Crippen LogP contribution in [0, 0.1) is 5.82 Å². The molecule has 25 heavy (non-hydrogen) atoms. The molecule has 1 aromatic carbocycles. The van der Waals surface area contributed by atoms with Gasteiger partial charge >= 0.3 is 0 Å². The molecule has 1 aromatic heterocycles. The van der Waals surface area contributed by atoms with Gasteiger partial charge in [-0.25, -0.2) is 12.8 Å². The number of hydrogen-bond donors (Lipinski definition) is 1. The Bertz CT molecular complexity index is 801. The van der Waals surface area contributed by atoms with Crippen molar-refractivity contribution in [3.05, 3.63) is 36.4 Å². The zero-order valence-electron chi connectivity index (χ0n) is 13.7. The number of sulfonamides is 1. The van der Waals surface area contributed by atoms with E-state index in [-0.39, 0.29) is 39.7 Å². The summed E-state index contributed by atoms with van der Waals surface area (Å²) in [5.74, 6) is -0.614. The topological polar surface area (TPSA) is 125 Å². The van der Waals surface area contributed by atoms with Crippen LogP contribution in [-0.4, -0.2) is 54.3 Å². The van der Waals surface area contributed by atoms with Crippen molar-refractivity contribution in [2.45, 2.75) is 24.3 Å². The summed E-state index contributed by atoms with van der Waals surface area (Å²) in [6.45, 7) is 3.66.